The number of hydrogen-bond donors (Lipinski definition) is 0. The molecule has 2 heterocycles. The highest BCUT2D eigenvalue weighted by Crippen LogP contribution is 2.37. The van der Waals surface area contributed by atoms with Gasteiger partial charge in [-0.3, -0.25) is 0 Å². The number of nitrogens with zero attached hydrogens (tertiary/aromatic N) is 2. The zero-order valence-corrected chi connectivity index (χ0v) is 19.1. The number of aryl methyl sites for hydroxylation is 1. The predicted molar refractivity (Wildman–Crippen MR) is 145 cm³/mol. The maximum absolute atomic E-state index is 2.41. The van der Waals surface area contributed by atoms with Gasteiger partial charge >= 0.3 is 0 Å². The molecule has 0 atom stereocenters. The maximum atomic E-state index is 2.41. The van der Waals surface area contributed by atoms with Crippen LogP contribution in [0.4, 0.5) is 0 Å². The van der Waals surface area contributed by atoms with Crippen molar-refractivity contribution in [3.8, 4) is 16.8 Å². The Labute approximate surface area is 198 Å². The number of benzene rings is 5. The summed E-state index contributed by atoms with van der Waals surface area (Å²) < 4.78 is 4.79. The lowest BCUT2D eigenvalue weighted by Gasteiger charge is -2.09. The normalized spacial score (nSPS) is 11.8. The third-order valence-corrected chi connectivity index (χ3v) is 7.11. The number of rotatable bonds is 3. The average molecular weight is 437 g/mol. The quantitative estimate of drug-likeness (QED) is 0.262. The Morgan fingerprint density at radius 1 is 0.471 bits per heavy atom. The van der Waals surface area contributed by atoms with Gasteiger partial charge in [-0.05, 0) is 60.5 Å². The molecule has 0 saturated carbocycles. The Morgan fingerprint density at radius 2 is 1.06 bits per heavy atom. The van der Waals surface area contributed by atoms with Crippen molar-refractivity contribution in [2.24, 2.45) is 0 Å². The SMILES string of the molecule is CCn1c2ccccc2c2cc(-c3ccc4c5ccccc5n(-c5ccccc5)c4c3)ccc21. The third kappa shape index (κ3) is 2.69. The maximum Gasteiger partial charge on any atom is 0.0547 e. The summed E-state index contributed by atoms with van der Waals surface area (Å²) in [4.78, 5) is 0. The minimum absolute atomic E-state index is 0.965. The summed E-state index contributed by atoms with van der Waals surface area (Å²) in [5.74, 6) is 0. The van der Waals surface area contributed by atoms with Crippen molar-refractivity contribution in [3.63, 3.8) is 0 Å². The molecule has 2 nitrogen and oxygen atoms in total. The molecule has 0 fully saturated rings. The molecule has 7 rings (SSSR count). The first-order valence-electron chi connectivity index (χ1n) is 11.9. The lowest BCUT2D eigenvalue weighted by atomic mass is 10.0. The molecule has 162 valence electrons. The third-order valence-electron chi connectivity index (χ3n) is 7.11. The van der Waals surface area contributed by atoms with Crippen molar-refractivity contribution in [3.05, 3.63) is 115 Å². The average Bonchev–Trinajstić information content (AvgIpc) is 3.41. The molecule has 5 aromatic carbocycles. The van der Waals surface area contributed by atoms with Crippen molar-refractivity contribution in [2.45, 2.75) is 13.5 Å². The Kier molecular flexibility index (Phi) is 4.16. The van der Waals surface area contributed by atoms with Gasteiger partial charge in [-0.1, -0.05) is 72.8 Å². The summed E-state index contributed by atoms with van der Waals surface area (Å²) in [7, 11) is 0. The van der Waals surface area contributed by atoms with E-state index in [0.29, 0.717) is 0 Å². The molecule has 0 radical (unpaired) electrons. The minimum Gasteiger partial charge on any atom is -0.341 e. The van der Waals surface area contributed by atoms with Crippen LogP contribution in [0.5, 0.6) is 0 Å². The van der Waals surface area contributed by atoms with Gasteiger partial charge in [-0.2, -0.15) is 0 Å². The van der Waals surface area contributed by atoms with Crippen LogP contribution in [0.25, 0.3) is 60.4 Å². The Balaban J connectivity index is 1.50. The van der Waals surface area contributed by atoms with Gasteiger partial charge < -0.3 is 9.13 Å². The van der Waals surface area contributed by atoms with E-state index in [0.717, 1.165) is 6.54 Å². The highest BCUT2D eigenvalue weighted by molar-refractivity contribution is 6.11. The predicted octanol–water partition coefficient (Wildman–Crippen LogP) is 8.58. The monoisotopic (exact) mass is 436 g/mol. The van der Waals surface area contributed by atoms with Crippen molar-refractivity contribution >= 4 is 43.6 Å². The molecule has 0 aliphatic carbocycles. The first-order chi connectivity index (χ1) is 16.8. The smallest absolute Gasteiger partial charge is 0.0547 e. The molecule has 0 saturated heterocycles. The van der Waals surface area contributed by atoms with Gasteiger partial charge in [0, 0.05) is 44.8 Å². The molecule has 7 aromatic rings. The second kappa shape index (κ2) is 7.36. The van der Waals surface area contributed by atoms with E-state index >= 15 is 0 Å². The highest BCUT2D eigenvalue weighted by atomic mass is 15.0. The van der Waals surface area contributed by atoms with Crippen LogP contribution in [0, 0.1) is 0 Å². The van der Waals surface area contributed by atoms with Crippen LogP contribution in [0.3, 0.4) is 0 Å². The van der Waals surface area contributed by atoms with Crippen molar-refractivity contribution in [2.75, 3.05) is 0 Å². The van der Waals surface area contributed by atoms with Crippen LogP contribution in [0.1, 0.15) is 6.92 Å². The molecule has 34 heavy (non-hydrogen) atoms. The van der Waals surface area contributed by atoms with E-state index in [1.165, 1.54) is 60.4 Å². The molecule has 0 bridgehead atoms. The van der Waals surface area contributed by atoms with E-state index in [9.17, 15) is 0 Å². The van der Waals surface area contributed by atoms with E-state index in [2.05, 4.69) is 131 Å². The van der Waals surface area contributed by atoms with Crippen molar-refractivity contribution in [1.82, 2.24) is 9.13 Å². The summed E-state index contributed by atoms with van der Waals surface area (Å²) >= 11 is 0. The lowest BCUT2D eigenvalue weighted by Crippen LogP contribution is -1.93. The first kappa shape index (κ1) is 19.2. The molecule has 0 N–H and O–H groups in total. The Bertz CT molecular complexity index is 1830. The minimum atomic E-state index is 0.965. The van der Waals surface area contributed by atoms with Crippen LogP contribution in [-0.4, -0.2) is 9.13 Å². The van der Waals surface area contributed by atoms with Crippen LogP contribution in [0.15, 0.2) is 115 Å². The highest BCUT2D eigenvalue weighted by Gasteiger charge is 2.14. The van der Waals surface area contributed by atoms with Crippen molar-refractivity contribution < 1.29 is 0 Å². The van der Waals surface area contributed by atoms with Gasteiger partial charge in [0.15, 0.2) is 0 Å². The van der Waals surface area contributed by atoms with Crippen molar-refractivity contribution in [1.29, 1.82) is 0 Å². The number of hydrogen-bond acceptors (Lipinski definition) is 0. The molecule has 0 spiro atoms. The van der Waals surface area contributed by atoms with Crippen LogP contribution in [-0.2, 0) is 6.54 Å². The second-order valence-corrected chi connectivity index (χ2v) is 8.91. The number of aromatic nitrogens is 2. The summed E-state index contributed by atoms with van der Waals surface area (Å²) in [5.41, 5.74) is 8.75. The fourth-order valence-corrected chi connectivity index (χ4v) is 5.58. The first-order valence-corrected chi connectivity index (χ1v) is 11.9. The summed E-state index contributed by atoms with van der Waals surface area (Å²) in [6.45, 7) is 3.18. The van der Waals surface area contributed by atoms with E-state index in [1.54, 1.807) is 0 Å². The summed E-state index contributed by atoms with van der Waals surface area (Å²) in [6, 6.07) is 41.9. The Hall–Kier alpha value is -4.30. The van der Waals surface area contributed by atoms with E-state index in [-0.39, 0.29) is 0 Å². The number of para-hydroxylation sites is 3. The fraction of sp³-hybridized carbons (Fsp3) is 0.0625. The molecule has 2 heteroatoms. The molecule has 0 unspecified atom stereocenters. The molecule has 0 aliphatic rings. The van der Waals surface area contributed by atoms with Gasteiger partial charge in [-0.25, -0.2) is 0 Å². The molecule has 0 aliphatic heterocycles. The fourth-order valence-electron chi connectivity index (χ4n) is 5.58. The van der Waals surface area contributed by atoms with Crippen LogP contribution in [0.2, 0.25) is 0 Å². The summed E-state index contributed by atoms with van der Waals surface area (Å²) in [6.07, 6.45) is 0. The van der Waals surface area contributed by atoms with Gasteiger partial charge in [0.25, 0.3) is 0 Å². The van der Waals surface area contributed by atoms with E-state index in [4.69, 9.17) is 0 Å². The molecule has 2 aromatic heterocycles. The lowest BCUT2D eigenvalue weighted by molar-refractivity contribution is 0.827. The molecular formula is C32H24N2. The standard InChI is InChI=1S/C32H24N2/c1-2-33-29-14-8-6-13-26(29)28-20-22(17-19-30(28)33)23-16-18-27-25-12-7-9-15-31(25)34(32(27)21-23)24-10-4-3-5-11-24/h3-21H,2H2,1H3. The Morgan fingerprint density at radius 3 is 1.85 bits per heavy atom. The van der Waals surface area contributed by atoms with E-state index in [1.807, 2.05) is 0 Å². The summed E-state index contributed by atoms with van der Waals surface area (Å²) in [5, 5.41) is 5.21. The van der Waals surface area contributed by atoms with Gasteiger partial charge in [0.2, 0.25) is 0 Å². The number of fused-ring (bicyclic) bond motifs is 6. The second-order valence-electron chi connectivity index (χ2n) is 8.91. The molecule has 0 amide bonds. The van der Waals surface area contributed by atoms with Crippen LogP contribution >= 0.6 is 0 Å². The molecular weight excluding hydrogens is 412 g/mol. The van der Waals surface area contributed by atoms with Crippen LogP contribution < -0.4 is 0 Å². The van der Waals surface area contributed by atoms with Gasteiger partial charge in [-0.15, -0.1) is 0 Å². The van der Waals surface area contributed by atoms with Gasteiger partial charge in [0.1, 0.15) is 0 Å². The zero-order chi connectivity index (χ0) is 22.6. The van der Waals surface area contributed by atoms with E-state index < -0.39 is 0 Å². The zero-order valence-electron chi connectivity index (χ0n) is 19.1. The largest absolute Gasteiger partial charge is 0.341 e. The van der Waals surface area contributed by atoms with Gasteiger partial charge in [0.05, 0.1) is 11.0 Å². The topological polar surface area (TPSA) is 9.86 Å².